The van der Waals surface area contributed by atoms with Crippen LogP contribution in [0.25, 0.3) is 0 Å². The summed E-state index contributed by atoms with van der Waals surface area (Å²) in [7, 11) is 0. The number of alkyl halides is 3. The lowest BCUT2D eigenvalue weighted by atomic mass is 10.1. The Morgan fingerprint density at radius 1 is 1.39 bits per heavy atom. The van der Waals surface area contributed by atoms with E-state index in [-0.39, 0.29) is 17.6 Å². The summed E-state index contributed by atoms with van der Waals surface area (Å²) in [5.41, 5.74) is 6.86. The summed E-state index contributed by atoms with van der Waals surface area (Å²) in [5, 5.41) is 0.288. The van der Waals surface area contributed by atoms with Crippen molar-refractivity contribution in [3.63, 3.8) is 0 Å². The van der Waals surface area contributed by atoms with Crippen molar-refractivity contribution in [1.82, 2.24) is 0 Å². The lowest BCUT2D eigenvalue weighted by molar-refractivity contribution is -0.119. The Morgan fingerprint density at radius 2 is 2.00 bits per heavy atom. The van der Waals surface area contributed by atoms with Gasteiger partial charge in [-0.1, -0.05) is 17.7 Å². The minimum Gasteiger partial charge on any atom is -0.362 e. The van der Waals surface area contributed by atoms with E-state index in [0.29, 0.717) is 5.69 Å². The molecule has 0 aliphatic heterocycles. The SMILES string of the molecule is CCN(CC(F)(F)F)c1ccc(C(C)N)cc1Cl. The number of benzene rings is 1. The van der Waals surface area contributed by atoms with Gasteiger partial charge in [0.25, 0.3) is 0 Å². The predicted octanol–water partition coefficient (Wildman–Crippen LogP) is 3.75. The highest BCUT2D eigenvalue weighted by molar-refractivity contribution is 6.33. The van der Waals surface area contributed by atoms with E-state index in [2.05, 4.69) is 0 Å². The van der Waals surface area contributed by atoms with Gasteiger partial charge in [0, 0.05) is 12.6 Å². The van der Waals surface area contributed by atoms with Gasteiger partial charge in [0.15, 0.2) is 0 Å². The third kappa shape index (κ3) is 4.07. The van der Waals surface area contributed by atoms with Crippen LogP contribution >= 0.6 is 11.6 Å². The van der Waals surface area contributed by atoms with Crippen LogP contribution in [0.5, 0.6) is 0 Å². The van der Waals surface area contributed by atoms with Crippen molar-refractivity contribution in [2.75, 3.05) is 18.0 Å². The van der Waals surface area contributed by atoms with Crippen LogP contribution < -0.4 is 10.6 Å². The zero-order chi connectivity index (χ0) is 13.9. The summed E-state index contributed by atoms with van der Waals surface area (Å²) in [4.78, 5) is 1.19. The molecule has 0 bridgehead atoms. The average Bonchev–Trinajstić information content (AvgIpc) is 2.24. The molecule has 1 rings (SSSR count). The Labute approximate surface area is 110 Å². The molecule has 0 aliphatic carbocycles. The molecule has 0 aliphatic rings. The van der Waals surface area contributed by atoms with Crippen LogP contribution in [0.4, 0.5) is 18.9 Å². The summed E-state index contributed by atoms with van der Waals surface area (Å²) in [5.74, 6) is 0. The highest BCUT2D eigenvalue weighted by Gasteiger charge is 2.31. The Bertz CT molecular complexity index is 405. The van der Waals surface area contributed by atoms with Crippen molar-refractivity contribution in [3.05, 3.63) is 28.8 Å². The lowest BCUT2D eigenvalue weighted by Gasteiger charge is -2.25. The smallest absolute Gasteiger partial charge is 0.362 e. The van der Waals surface area contributed by atoms with Crippen molar-refractivity contribution in [2.45, 2.75) is 26.1 Å². The molecule has 1 unspecified atom stereocenters. The summed E-state index contributed by atoms with van der Waals surface area (Å²) in [6.07, 6.45) is -4.25. The highest BCUT2D eigenvalue weighted by Crippen LogP contribution is 2.30. The molecule has 18 heavy (non-hydrogen) atoms. The fourth-order valence-electron chi connectivity index (χ4n) is 1.65. The maximum atomic E-state index is 12.4. The van der Waals surface area contributed by atoms with Crippen LogP contribution in [0.1, 0.15) is 25.5 Å². The molecule has 0 heterocycles. The van der Waals surface area contributed by atoms with E-state index in [1.54, 1.807) is 32.0 Å². The second-order valence-electron chi connectivity index (χ2n) is 4.13. The molecule has 0 spiro atoms. The highest BCUT2D eigenvalue weighted by atomic mass is 35.5. The van der Waals surface area contributed by atoms with Crippen LogP contribution in [0.15, 0.2) is 18.2 Å². The summed E-state index contributed by atoms with van der Waals surface area (Å²) in [6.45, 7) is 2.66. The number of nitrogens with two attached hydrogens (primary N) is 1. The molecule has 0 saturated heterocycles. The quantitative estimate of drug-likeness (QED) is 0.910. The molecule has 0 amide bonds. The van der Waals surface area contributed by atoms with Gasteiger partial charge in [0.05, 0.1) is 10.7 Å². The molecule has 102 valence electrons. The molecular weight excluding hydrogens is 265 g/mol. The van der Waals surface area contributed by atoms with Crippen LogP contribution in [0.2, 0.25) is 5.02 Å². The minimum atomic E-state index is -4.25. The molecule has 0 saturated carbocycles. The number of nitrogens with zero attached hydrogens (tertiary/aromatic N) is 1. The van der Waals surface area contributed by atoms with Crippen molar-refractivity contribution < 1.29 is 13.2 Å². The first-order valence-corrected chi connectivity index (χ1v) is 5.99. The maximum absolute atomic E-state index is 12.4. The van der Waals surface area contributed by atoms with E-state index in [1.807, 2.05) is 0 Å². The monoisotopic (exact) mass is 280 g/mol. The van der Waals surface area contributed by atoms with E-state index in [1.165, 1.54) is 4.90 Å². The molecule has 1 aromatic carbocycles. The first kappa shape index (κ1) is 15.1. The third-order valence-electron chi connectivity index (χ3n) is 2.59. The molecule has 0 aromatic heterocycles. The predicted molar refractivity (Wildman–Crippen MR) is 68.0 cm³/mol. The Balaban J connectivity index is 3.00. The van der Waals surface area contributed by atoms with Crippen LogP contribution in [-0.4, -0.2) is 19.3 Å². The van der Waals surface area contributed by atoms with E-state index >= 15 is 0 Å². The van der Waals surface area contributed by atoms with E-state index in [4.69, 9.17) is 17.3 Å². The Morgan fingerprint density at radius 3 is 2.39 bits per heavy atom. The van der Waals surface area contributed by atoms with Gasteiger partial charge < -0.3 is 10.6 Å². The molecule has 2 N–H and O–H groups in total. The number of hydrogen-bond donors (Lipinski definition) is 1. The van der Waals surface area contributed by atoms with Crippen LogP contribution in [0.3, 0.4) is 0 Å². The maximum Gasteiger partial charge on any atom is 0.405 e. The van der Waals surface area contributed by atoms with Crippen molar-refractivity contribution in [1.29, 1.82) is 0 Å². The van der Waals surface area contributed by atoms with Crippen LogP contribution in [-0.2, 0) is 0 Å². The Hall–Kier alpha value is -0.940. The normalized spacial score (nSPS) is 13.5. The molecule has 6 heteroatoms. The standard InChI is InChI=1S/C12H16ClF3N2/c1-3-18(7-12(14,15)16)11-5-4-9(8(2)17)6-10(11)13/h4-6,8H,3,7,17H2,1-2H3. The number of rotatable bonds is 4. The summed E-state index contributed by atoms with van der Waals surface area (Å²) in [6, 6.07) is 4.69. The van der Waals surface area contributed by atoms with Crippen LogP contribution in [0, 0.1) is 0 Å². The van der Waals surface area contributed by atoms with Gasteiger partial charge >= 0.3 is 6.18 Å². The first-order valence-electron chi connectivity index (χ1n) is 5.61. The summed E-state index contributed by atoms with van der Waals surface area (Å²) >= 11 is 6.01. The first-order chi connectivity index (χ1) is 8.24. The molecule has 0 radical (unpaired) electrons. The topological polar surface area (TPSA) is 29.3 Å². The third-order valence-corrected chi connectivity index (χ3v) is 2.89. The second-order valence-corrected chi connectivity index (χ2v) is 4.54. The minimum absolute atomic E-state index is 0.200. The molecule has 1 aromatic rings. The van der Waals surface area contributed by atoms with Gasteiger partial charge in [-0.05, 0) is 31.5 Å². The molecule has 2 nitrogen and oxygen atoms in total. The van der Waals surface area contributed by atoms with E-state index in [0.717, 1.165) is 5.56 Å². The largest absolute Gasteiger partial charge is 0.405 e. The fourth-order valence-corrected chi connectivity index (χ4v) is 1.96. The number of halogens is 4. The number of hydrogen-bond acceptors (Lipinski definition) is 2. The molecule has 0 fully saturated rings. The Kier molecular flexibility index (Phi) is 4.87. The zero-order valence-corrected chi connectivity index (χ0v) is 11.0. The summed E-state index contributed by atoms with van der Waals surface area (Å²) < 4.78 is 37.2. The number of anilines is 1. The van der Waals surface area contributed by atoms with Gasteiger partial charge in [-0.25, -0.2) is 0 Å². The van der Waals surface area contributed by atoms with Gasteiger partial charge in [-0.3, -0.25) is 0 Å². The van der Waals surface area contributed by atoms with E-state index in [9.17, 15) is 13.2 Å². The van der Waals surface area contributed by atoms with Gasteiger partial charge in [-0.2, -0.15) is 13.2 Å². The van der Waals surface area contributed by atoms with Gasteiger partial charge in [-0.15, -0.1) is 0 Å². The second kappa shape index (κ2) is 5.80. The van der Waals surface area contributed by atoms with E-state index < -0.39 is 12.7 Å². The molecule has 1 atom stereocenters. The molecular formula is C12H16ClF3N2. The van der Waals surface area contributed by atoms with Crippen molar-refractivity contribution in [2.24, 2.45) is 5.73 Å². The average molecular weight is 281 g/mol. The van der Waals surface area contributed by atoms with Gasteiger partial charge in [0.1, 0.15) is 6.54 Å². The fraction of sp³-hybridized carbons (Fsp3) is 0.500. The zero-order valence-electron chi connectivity index (χ0n) is 10.3. The van der Waals surface area contributed by atoms with Crippen molar-refractivity contribution in [3.8, 4) is 0 Å². The lowest BCUT2D eigenvalue weighted by Crippen LogP contribution is -2.34. The van der Waals surface area contributed by atoms with Crippen molar-refractivity contribution >= 4 is 17.3 Å². The van der Waals surface area contributed by atoms with Gasteiger partial charge in [0.2, 0.25) is 0 Å².